The van der Waals surface area contributed by atoms with E-state index in [9.17, 15) is 14.9 Å². The molecule has 0 unspecified atom stereocenters. The average molecular weight is 203 g/mol. The van der Waals surface area contributed by atoms with Gasteiger partial charge >= 0.3 is 0 Å². The van der Waals surface area contributed by atoms with E-state index >= 15 is 0 Å². The number of aliphatic imine (C=N–C) groups is 1. The third-order valence-corrected chi connectivity index (χ3v) is 1.79. The molecular formula is C7H7ClN2O3. The number of hydrogen-bond acceptors (Lipinski definition) is 4. The molecule has 0 fully saturated rings. The van der Waals surface area contributed by atoms with Crippen molar-refractivity contribution >= 4 is 22.6 Å². The van der Waals surface area contributed by atoms with Crippen LogP contribution in [0.4, 0.5) is 0 Å². The summed E-state index contributed by atoms with van der Waals surface area (Å²) >= 11 is 5.41. The fourth-order valence-electron chi connectivity index (χ4n) is 0.942. The highest BCUT2D eigenvalue weighted by molar-refractivity contribution is 6.85. The minimum atomic E-state index is -0.400. The molecule has 0 saturated carbocycles. The summed E-state index contributed by atoms with van der Waals surface area (Å²) in [6, 6.07) is 0. The van der Waals surface area contributed by atoms with Crippen molar-refractivity contribution in [1.29, 1.82) is 0 Å². The molecule has 1 rings (SSSR count). The average Bonchev–Trinajstić information content (AvgIpc) is 2.30. The zero-order valence-corrected chi connectivity index (χ0v) is 7.45. The van der Waals surface area contributed by atoms with E-state index in [1.165, 1.54) is 6.08 Å². The summed E-state index contributed by atoms with van der Waals surface area (Å²) in [5.74, 6) is -0.322. The van der Waals surface area contributed by atoms with Crippen LogP contribution < -0.4 is 0 Å². The Labute approximate surface area is 79.2 Å². The molecule has 0 radical (unpaired) electrons. The molecule has 0 aromatic carbocycles. The van der Waals surface area contributed by atoms with Gasteiger partial charge in [-0.25, -0.2) is 4.99 Å². The Balaban J connectivity index is 2.36. The van der Waals surface area contributed by atoms with Crippen LogP contribution in [0.1, 0.15) is 12.8 Å². The van der Waals surface area contributed by atoms with Gasteiger partial charge in [0.25, 0.3) is 0 Å². The summed E-state index contributed by atoms with van der Waals surface area (Å²) < 4.78 is 0. The fourth-order valence-corrected chi connectivity index (χ4v) is 1.10. The van der Waals surface area contributed by atoms with Crippen molar-refractivity contribution in [3.05, 3.63) is 21.9 Å². The number of carbonyl (C=O) groups is 1. The first-order valence-electron chi connectivity index (χ1n) is 3.70. The summed E-state index contributed by atoms with van der Waals surface area (Å²) in [7, 11) is 0. The van der Waals surface area contributed by atoms with Crippen LogP contribution in [0.25, 0.3) is 0 Å². The Morgan fingerprint density at radius 2 is 2.31 bits per heavy atom. The highest BCUT2D eigenvalue weighted by Gasteiger charge is 2.15. The minimum Gasteiger partial charge on any atom is -0.286 e. The van der Waals surface area contributed by atoms with E-state index in [-0.39, 0.29) is 17.5 Å². The number of rotatable bonds is 4. The van der Waals surface area contributed by atoms with Crippen LogP contribution >= 0.6 is 11.6 Å². The molecule has 0 atom stereocenters. The molecule has 0 aliphatic carbocycles. The number of allylic oxidation sites excluding steroid dienone is 2. The molecule has 1 heterocycles. The first kappa shape index (κ1) is 9.85. The van der Waals surface area contributed by atoms with Gasteiger partial charge in [0.05, 0.1) is 0 Å². The van der Waals surface area contributed by atoms with Crippen LogP contribution in [0.5, 0.6) is 0 Å². The molecule has 70 valence electrons. The number of halogens is 1. The fraction of sp³-hybridized carbons (Fsp3) is 0.429. The topological polar surface area (TPSA) is 72.6 Å². The van der Waals surface area contributed by atoms with Gasteiger partial charge in [-0.2, -0.15) is 0 Å². The molecule has 0 spiro atoms. The first-order chi connectivity index (χ1) is 6.09. The first-order valence-corrected chi connectivity index (χ1v) is 4.08. The molecule has 0 aromatic heterocycles. The van der Waals surface area contributed by atoms with Crippen molar-refractivity contribution in [3.8, 4) is 0 Å². The lowest BCUT2D eigenvalue weighted by molar-refractivity contribution is -0.480. The standard InChI is InChI=1S/C7H7ClN2O3/c8-7-6(11)4-5(9-7)2-1-3-10(12)13/h4H,1-3H2. The van der Waals surface area contributed by atoms with E-state index in [2.05, 4.69) is 4.99 Å². The van der Waals surface area contributed by atoms with Crippen molar-refractivity contribution in [1.82, 2.24) is 0 Å². The Morgan fingerprint density at radius 3 is 2.77 bits per heavy atom. The quantitative estimate of drug-likeness (QED) is 0.507. The van der Waals surface area contributed by atoms with Gasteiger partial charge in [0.15, 0.2) is 5.17 Å². The smallest absolute Gasteiger partial charge is 0.217 e. The predicted molar refractivity (Wildman–Crippen MR) is 47.5 cm³/mol. The van der Waals surface area contributed by atoms with Gasteiger partial charge in [0.2, 0.25) is 12.3 Å². The van der Waals surface area contributed by atoms with E-state index in [1.807, 2.05) is 0 Å². The third kappa shape index (κ3) is 2.95. The summed E-state index contributed by atoms with van der Waals surface area (Å²) in [5.41, 5.74) is 0.525. The predicted octanol–water partition coefficient (Wildman–Crippen LogP) is 1.15. The van der Waals surface area contributed by atoms with Gasteiger partial charge in [-0.05, 0) is 6.42 Å². The monoisotopic (exact) mass is 202 g/mol. The maximum Gasteiger partial charge on any atom is 0.217 e. The molecule has 13 heavy (non-hydrogen) atoms. The molecule has 1 aliphatic rings. The summed E-state index contributed by atoms with van der Waals surface area (Å²) in [4.78, 5) is 24.1. The van der Waals surface area contributed by atoms with Crippen molar-refractivity contribution in [2.75, 3.05) is 6.54 Å². The third-order valence-electron chi connectivity index (χ3n) is 1.52. The van der Waals surface area contributed by atoms with Crippen LogP contribution in [0, 0.1) is 10.1 Å². The molecule has 6 heteroatoms. The van der Waals surface area contributed by atoms with E-state index in [0.29, 0.717) is 18.5 Å². The van der Waals surface area contributed by atoms with Crippen LogP contribution in [-0.4, -0.2) is 22.4 Å². The van der Waals surface area contributed by atoms with Crippen molar-refractivity contribution in [2.24, 2.45) is 4.99 Å². The van der Waals surface area contributed by atoms with E-state index in [0.717, 1.165) is 0 Å². The number of carbonyl (C=O) groups excluding carboxylic acids is 1. The SMILES string of the molecule is O=C1C=C(CCC[N+](=O)[O-])N=C1Cl. The van der Waals surface area contributed by atoms with Gasteiger partial charge < -0.3 is 0 Å². The Hall–Kier alpha value is -1.23. The van der Waals surface area contributed by atoms with E-state index in [1.54, 1.807) is 0 Å². The molecule has 5 nitrogen and oxygen atoms in total. The highest BCUT2D eigenvalue weighted by Crippen LogP contribution is 2.14. The second-order valence-corrected chi connectivity index (χ2v) is 2.92. The second kappa shape index (κ2) is 4.13. The lowest BCUT2D eigenvalue weighted by atomic mass is 10.2. The number of nitrogens with zero attached hydrogens (tertiary/aromatic N) is 2. The lowest BCUT2D eigenvalue weighted by Gasteiger charge is -1.93. The summed E-state index contributed by atoms with van der Waals surface area (Å²) in [6.07, 6.45) is 2.10. The molecule has 0 N–H and O–H groups in total. The van der Waals surface area contributed by atoms with E-state index < -0.39 is 4.92 Å². The lowest BCUT2D eigenvalue weighted by Crippen LogP contribution is -1.99. The normalized spacial score (nSPS) is 15.6. The van der Waals surface area contributed by atoms with Crippen molar-refractivity contribution in [3.63, 3.8) is 0 Å². The number of ketones is 1. The van der Waals surface area contributed by atoms with Crippen molar-refractivity contribution in [2.45, 2.75) is 12.8 Å². The van der Waals surface area contributed by atoms with Crippen LogP contribution in [0.2, 0.25) is 0 Å². The Kier molecular flexibility index (Phi) is 3.13. The molecule has 0 bridgehead atoms. The van der Waals surface area contributed by atoms with Gasteiger partial charge in [-0.1, -0.05) is 11.6 Å². The maximum atomic E-state index is 10.8. The Bertz CT molecular complexity index is 309. The number of hydrogen-bond donors (Lipinski definition) is 0. The molecular weight excluding hydrogens is 196 g/mol. The molecule has 0 saturated heterocycles. The van der Waals surface area contributed by atoms with Crippen molar-refractivity contribution < 1.29 is 9.72 Å². The largest absolute Gasteiger partial charge is 0.286 e. The summed E-state index contributed by atoms with van der Waals surface area (Å²) in [5, 5.41) is 9.90. The van der Waals surface area contributed by atoms with Crippen LogP contribution in [-0.2, 0) is 4.79 Å². The van der Waals surface area contributed by atoms with Crippen LogP contribution in [0.3, 0.4) is 0 Å². The zero-order chi connectivity index (χ0) is 9.84. The number of nitro groups is 1. The maximum absolute atomic E-state index is 10.8. The highest BCUT2D eigenvalue weighted by atomic mass is 35.5. The van der Waals surface area contributed by atoms with Gasteiger partial charge in [0, 0.05) is 23.1 Å². The molecule has 0 aromatic rings. The summed E-state index contributed by atoms with van der Waals surface area (Å²) in [6.45, 7) is -0.112. The second-order valence-electron chi connectivity index (χ2n) is 2.56. The zero-order valence-electron chi connectivity index (χ0n) is 6.70. The van der Waals surface area contributed by atoms with Gasteiger partial charge in [-0.3, -0.25) is 14.9 Å². The minimum absolute atomic E-state index is 0.0592. The Morgan fingerprint density at radius 1 is 1.62 bits per heavy atom. The van der Waals surface area contributed by atoms with Crippen LogP contribution in [0.15, 0.2) is 16.8 Å². The molecule has 1 aliphatic heterocycles. The molecule has 0 amide bonds. The van der Waals surface area contributed by atoms with Gasteiger partial charge in [-0.15, -0.1) is 0 Å². The van der Waals surface area contributed by atoms with Gasteiger partial charge in [0.1, 0.15) is 0 Å². The van der Waals surface area contributed by atoms with E-state index in [4.69, 9.17) is 11.6 Å².